The minimum atomic E-state index is -4.49. The molecule has 3 heterocycles. The molecule has 12 heteroatoms. The van der Waals surface area contributed by atoms with Crippen molar-refractivity contribution in [3.8, 4) is 0 Å². The Kier molecular flexibility index (Phi) is 8.43. The maximum absolute atomic E-state index is 12.6. The van der Waals surface area contributed by atoms with E-state index in [1.54, 1.807) is 6.07 Å². The molecule has 0 amide bonds. The summed E-state index contributed by atoms with van der Waals surface area (Å²) in [5.41, 5.74) is 0.377. The molecule has 1 aromatic heterocycles. The molecule has 2 aliphatic carbocycles. The fourth-order valence-corrected chi connectivity index (χ4v) is 7.08. The second-order valence-corrected chi connectivity index (χ2v) is 12.0. The molecule has 0 aromatic carbocycles. The molecule has 2 saturated heterocycles. The Morgan fingerprint density at radius 3 is 2.28 bits per heavy atom. The largest absolute Gasteiger partial charge is 0.401 e. The molecule has 0 bridgehead atoms. The lowest BCUT2D eigenvalue weighted by atomic mass is 9.83. The standard InChI is InChI=1S/C27H38ClF3N6O2/c1-16-14-37(17(2)13-36(16)20-7-9-35(10-8-20)19-5-3-4-6-19)26-21(28)11-18(12-32-26)34-23-22(24(38)25(23)39)33-15-27(29,30)31/h11-12,16-17,19-20,22-23,33-34H,3-10,13-15H2,1-2H3/t16-,17+,22?,23?/m1/s1. The Balaban J connectivity index is 1.18. The number of alkyl halides is 3. The van der Waals surface area contributed by atoms with Crippen molar-refractivity contribution >= 4 is 34.7 Å². The van der Waals surface area contributed by atoms with E-state index in [1.807, 2.05) is 0 Å². The molecule has 2 unspecified atom stereocenters. The summed E-state index contributed by atoms with van der Waals surface area (Å²) in [4.78, 5) is 35.9. The number of likely N-dealkylation sites (tertiary alicyclic amines) is 1. The molecule has 2 N–H and O–H groups in total. The van der Waals surface area contributed by atoms with Crippen LogP contribution in [0.25, 0.3) is 0 Å². The van der Waals surface area contributed by atoms with Crippen molar-refractivity contribution in [3.05, 3.63) is 17.3 Å². The number of aromatic nitrogens is 1. The quantitative estimate of drug-likeness (QED) is 0.482. The van der Waals surface area contributed by atoms with Crippen molar-refractivity contribution in [3.63, 3.8) is 0 Å². The van der Waals surface area contributed by atoms with Crippen molar-refractivity contribution in [1.29, 1.82) is 0 Å². The van der Waals surface area contributed by atoms with Crippen LogP contribution in [0.1, 0.15) is 52.4 Å². The summed E-state index contributed by atoms with van der Waals surface area (Å²) in [5.74, 6) is -0.986. The molecule has 39 heavy (non-hydrogen) atoms. The van der Waals surface area contributed by atoms with E-state index in [1.165, 1.54) is 57.8 Å². The number of hydrogen-bond donors (Lipinski definition) is 2. The molecular formula is C27H38ClF3N6O2. The lowest BCUT2D eigenvalue weighted by Gasteiger charge is -2.50. The number of piperidine rings is 1. The van der Waals surface area contributed by atoms with E-state index >= 15 is 0 Å². The van der Waals surface area contributed by atoms with Crippen LogP contribution in [0.15, 0.2) is 12.3 Å². The predicted octanol–water partition coefficient (Wildman–Crippen LogP) is 3.49. The van der Waals surface area contributed by atoms with Gasteiger partial charge >= 0.3 is 6.18 Å². The van der Waals surface area contributed by atoms with E-state index in [-0.39, 0.29) is 6.04 Å². The Morgan fingerprint density at radius 2 is 1.64 bits per heavy atom. The summed E-state index contributed by atoms with van der Waals surface area (Å²) < 4.78 is 37.7. The monoisotopic (exact) mass is 570 g/mol. The summed E-state index contributed by atoms with van der Waals surface area (Å²) in [5, 5.41) is 5.33. The van der Waals surface area contributed by atoms with Crippen molar-refractivity contribution in [2.45, 2.75) is 94.8 Å². The van der Waals surface area contributed by atoms with Gasteiger partial charge < -0.3 is 15.1 Å². The zero-order valence-corrected chi connectivity index (χ0v) is 23.3. The maximum atomic E-state index is 12.6. The zero-order valence-electron chi connectivity index (χ0n) is 22.5. The van der Waals surface area contributed by atoms with Gasteiger partial charge in [0.1, 0.15) is 17.9 Å². The summed E-state index contributed by atoms with van der Waals surface area (Å²) in [7, 11) is 0. The van der Waals surface area contributed by atoms with Gasteiger partial charge in [-0.1, -0.05) is 24.4 Å². The zero-order chi connectivity index (χ0) is 27.9. The molecule has 0 spiro atoms. The van der Waals surface area contributed by atoms with Crippen LogP contribution in [0.4, 0.5) is 24.7 Å². The highest BCUT2D eigenvalue weighted by molar-refractivity contribution is 6.49. The van der Waals surface area contributed by atoms with Crippen molar-refractivity contribution < 1.29 is 22.8 Å². The van der Waals surface area contributed by atoms with Gasteiger partial charge in [-0.2, -0.15) is 13.2 Å². The Labute approximate surface area is 232 Å². The van der Waals surface area contributed by atoms with Crippen molar-refractivity contribution in [1.82, 2.24) is 20.1 Å². The van der Waals surface area contributed by atoms with Crippen LogP contribution < -0.4 is 15.5 Å². The number of pyridine rings is 1. The van der Waals surface area contributed by atoms with Gasteiger partial charge in [0, 0.05) is 37.3 Å². The van der Waals surface area contributed by atoms with E-state index in [0.29, 0.717) is 28.6 Å². The topological polar surface area (TPSA) is 80.8 Å². The van der Waals surface area contributed by atoms with E-state index < -0.39 is 36.4 Å². The second-order valence-electron chi connectivity index (χ2n) is 11.6. The maximum Gasteiger partial charge on any atom is 0.401 e. The van der Waals surface area contributed by atoms with E-state index in [4.69, 9.17) is 11.6 Å². The minimum Gasteiger partial charge on any atom is -0.372 e. The first kappa shape index (κ1) is 28.6. The molecule has 4 fully saturated rings. The summed E-state index contributed by atoms with van der Waals surface area (Å²) >= 11 is 6.63. The molecule has 8 nitrogen and oxygen atoms in total. The lowest BCUT2D eigenvalue weighted by molar-refractivity contribution is -0.149. The first-order chi connectivity index (χ1) is 18.5. The lowest BCUT2D eigenvalue weighted by Crippen LogP contribution is -2.67. The summed E-state index contributed by atoms with van der Waals surface area (Å²) in [6.07, 6.45) is 4.87. The third-order valence-electron chi connectivity index (χ3n) is 8.92. The fraction of sp³-hybridized carbons (Fsp3) is 0.741. The molecule has 5 rings (SSSR count). The minimum absolute atomic E-state index is 0.194. The summed E-state index contributed by atoms with van der Waals surface area (Å²) in [6.45, 7) is 7.13. The van der Waals surface area contributed by atoms with E-state index in [2.05, 4.69) is 44.2 Å². The van der Waals surface area contributed by atoms with Crippen LogP contribution in [-0.2, 0) is 9.59 Å². The second kappa shape index (κ2) is 11.5. The molecule has 1 aromatic rings. The van der Waals surface area contributed by atoms with Gasteiger partial charge in [0.2, 0.25) is 11.6 Å². The number of hydrogen-bond acceptors (Lipinski definition) is 8. The van der Waals surface area contributed by atoms with Gasteiger partial charge in [-0.3, -0.25) is 19.8 Å². The van der Waals surface area contributed by atoms with Crippen molar-refractivity contribution in [2.24, 2.45) is 0 Å². The van der Waals surface area contributed by atoms with Gasteiger partial charge in [0.05, 0.1) is 23.5 Å². The first-order valence-electron chi connectivity index (χ1n) is 14.1. The van der Waals surface area contributed by atoms with Crippen LogP contribution in [0, 0.1) is 0 Å². The normalized spacial score (nSPS) is 30.2. The number of anilines is 2. The SMILES string of the molecule is C[C@@H]1CN(c2ncc(NC3C(=O)C(=O)C3NCC(F)(F)F)cc2Cl)[C@@H](C)CN1C1CCN(C2CCCC2)CC1. The number of piperazine rings is 1. The molecule has 0 radical (unpaired) electrons. The third-order valence-corrected chi connectivity index (χ3v) is 9.20. The van der Waals surface area contributed by atoms with Crippen LogP contribution in [0.2, 0.25) is 5.02 Å². The van der Waals surface area contributed by atoms with Gasteiger partial charge in [-0.15, -0.1) is 0 Å². The number of carbonyl (C=O) groups is 2. The highest BCUT2D eigenvalue weighted by atomic mass is 35.5. The van der Waals surface area contributed by atoms with Crippen LogP contribution in [0.5, 0.6) is 0 Å². The van der Waals surface area contributed by atoms with E-state index in [9.17, 15) is 22.8 Å². The van der Waals surface area contributed by atoms with Crippen LogP contribution >= 0.6 is 11.6 Å². The summed E-state index contributed by atoms with van der Waals surface area (Å²) in [6, 6.07) is 1.18. The molecule has 2 saturated carbocycles. The van der Waals surface area contributed by atoms with Crippen LogP contribution in [0.3, 0.4) is 0 Å². The van der Waals surface area contributed by atoms with Gasteiger partial charge in [0.25, 0.3) is 0 Å². The first-order valence-corrected chi connectivity index (χ1v) is 14.5. The molecule has 216 valence electrons. The Bertz CT molecular complexity index is 1060. The number of nitrogens with one attached hydrogen (secondary N) is 2. The number of Topliss-reactive ketones (excluding diaryl/α,β-unsaturated/α-hetero) is 2. The highest BCUT2D eigenvalue weighted by Gasteiger charge is 2.50. The number of rotatable bonds is 7. The Morgan fingerprint density at radius 1 is 0.974 bits per heavy atom. The average Bonchev–Trinajstić information content (AvgIpc) is 3.44. The molecular weight excluding hydrogens is 533 g/mol. The van der Waals surface area contributed by atoms with Gasteiger partial charge in [0.15, 0.2) is 0 Å². The van der Waals surface area contributed by atoms with Crippen molar-refractivity contribution in [2.75, 3.05) is 42.9 Å². The van der Waals surface area contributed by atoms with E-state index in [0.717, 1.165) is 19.1 Å². The highest BCUT2D eigenvalue weighted by Crippen LogP contribution is 2.34. The average molecular weight is 571 g/mol. The number of ketones is 2. The molecule has 4 aliphatic rings. The predicted molar refractivity (Wildman–Crippen MR) is 144 cm³/mol. The number of nitrogens with zero attached hydrogens (tertiary/aromatic N) is 4. The number of halogens is 4. The van der Waals surface area contributed by atoms with Gasteiger partial charge in [-0.25, -0.2) is 4.98 Å². The number of carbonyl (C=O) groups excluding carboxylic acids is 2. The Hall–Kier alpha value is -1.95. The molecule has 2 aliphatic heterocycles. The smallest absolute Gasteiger partial charge is 0.372 e. The fourth-order valence-electron chi connectivity index (χ4n) is 6.81. The third kappa shape index (κ3) is 6.21. The molecule has 4 atom stereocenters. The van der Waals surface area contributed by atoms with Gasteiger partial charge in [-0.05, 0) is 58.7 Å². The van der Waals surface area contributed by atoms with Crippen LogP contribution in [-0.4, -0.2) is 102 Å².